The van der Waals surface area contributed by atoms with Crippen LogP contribution in [-0.2, 0) is 20.9 Å². The van der Waals surface area contributed by atoms with Crippen molar-refractivity contribution in [3.8, 4) is 23.0 Å². The normalized spacial score (nSPS) is 14.2. The fourth-order valence-corrected chi connectivity index (χ4v) is 5.65. The van der Waals surface area contributed by atoms with E-state index in [-0.39, 0.29) is 36.9 Å². The van der Waals surface area contributed by atoms with Crippen LogP contribution in [0.1, 0.15) is 43.5 Å². The molecule has 4 rings (SSSR count). The number of ether oxygens (including phenoxy) is 5. The third kappa shape index (κ3) is 9.33. The van der Waals surface area contributed by atoms with Crippen LogP contribution in [0.5, 0.6) is 23.0 Å². The average molecular weight is 764 g/mol. The molecule has 0 aliphatic carbocycles. The lowest BCUT2D eigenvalue weighted by Crippen LogP contribution is -2.45. The number of carbonyl (C=O) groups is 3. The summed E-state index contributed by atoms with van der Waals surface area (Å²) in [5, 5.41) is 10.4. The lowest BCUT2D eigenvalue weighted by Gasteiger charge is -2.28. The number of hydrazone groups is 1. The standard InChI is InChI=1S/C33H33BrCl2N4O8/c1-5-45-27-12-19(11-23(34)31(27)48-16-21-7-9-22(35)14-24(21)36)15-37-40-28(41)17-47-25-10-8-20(13-26(25)44-4)30-29(32(42)46-6-2)18(3)38-33(43)39-30/h7-15,30H,5-6,16-17H2,1-4H3,(H,40,41)(H2,38,39,43)/b37-15-/t30-/m0/s1. The van der Waals surface area contributed by atoms with Crippen LogP contribution >= 0.6 is 39.1 Å². The summed E-state index contributed by atoms with van der Waals surface area (Å²) < 4.78 is 28.7. The average Bonchev–Trinajstić information content (AvgIpc) is 3.04. The van der Waals surface area contributed by atoms with Crippen LogP contribution in [-0.4, -0.2) is 51.1 Å². The molecule has 1 heterocycles. The van der Waals surface area contributed by atoms with Crippen LogP contribution in [0.15, 0.2) is 69.4 Å². The molecule has 1 atom stereocenters. The van der Waals surface area contributed by atoms with Crippen LogP contribution in [0, 0.1) is 0 Å². The molecule has 1 aliphatic heterocycles. The molecule has 254 valence electrons. The molecule has 3 aromatic rings. The molecule has 0 aromatic heterocycles. The van der Waals surface area contributed by atoms with Gasteiger partial charge in [0.25, 0.3) is 5.91 Å². The zero-order valence-electron chi connectivity index (χ0n) is 26.4. The monoisotopic (exact) mass is 762 g/mol. The van der Waals surface area contributed by atoms with Gasteiger partial charge in [-0.05, 0) is 84.2 Å². The van der Waals surface area contributed by atoms with Crippen LogP contribution in [0.3, 0.4) is 0 Å². The highest BCUT2D eigenvalue weighted by Crippen LogP contribution is 2.38. The van der Waals surface area contributed by atoms with Crippen molar-refractivity contribution in [2.24, 2.45) is 5.10 Å². The highest BCUT2D eigenvalue weighted by atomic mass is 79.9. The van der Waals surface area contributed by atoms with Crippen LogP contribution in [0.4, 0.5) is 4.79 Å². The molecule has 12 nitrogen and oxygen atoms in total. The van der Waals surface area contributed by atoms with Gasteiger partial charge in [0.2, 0.25) is 0 Å². The Labute approximate surface area is 295 Å². The van der Waals surface area contributed by atoms with Gasteiger partial charge in [0.15, 0.2) is 29.6 Å². The Hall–Kier alpha value is -4.46. The van der Waals surface area contributed by atoms with Crippen molar-refractivity contribution in [1.82, 2.24) is 16.1 Å². The van der Waals surface area contributed by atoms with Crippen molar-refractivity contribution in [1.29, 1.82) is 0 Å². The number of rotatable bonds is 14. The van der Waals surface area contributed by atoms with E-state index < -0.39 is 23.9 Å². The van der Waals surface area contributed by atoms with Gasteiger partial charge in [0.05, 0.1) is 42.6 Å². The van der Waals surface area contributed by atoms with E-state index in [1.54, 1.807) is 62.4 Å². The first-order valence-corrected chi connectivity index (χ1v) is 16.2. The van der Waals surface area contributed by atoms with Gasteiger partial charge in [-0.1, -0.05) is 35.3 Å². The number of hydrogen-bond donors (Lipinski definition) is 3. The first-order valence-electron chi connectivity index (χ1n) is 14.7. The number of hydrogen-bond acceptors (Lipinski definition) is 9. The minimum Gasteiger partial charge on any atom is -0.493 e. The van der Waals surface area contributed by atoms with Gasteiger partial charge >= 0.3 is 12.0 Å². The summed E-state index contributed by atoms with van der Waals surface area (Å²) in [7, 11) is 1.43. The number of carbonyl (C=O) groups excluding carboxylic acids is 3. The Morgan fingerprint density at radius 2 is 1.79 bits per heavy atom. The maximum Gasteiger partial charge on any atom is 0.338 e. The van der Waals surface area contributed by atoms with Gasteiger partial charge in [-0.2, -0.15) is 5.10 Å². The maximum atomic E-state index is 12.6. The number of amides is 3. The number of nitrogens with one attached hydrogen (secondary N) is 3. The fourth-order valence-electron chi connectivity index (χ4n) is 4.61. The smallest absolute Gasteiger partial charge is 0.338 e. The molecule has 3 aromatic carbocycles. The Morgan fingerprint density at radius 3 is 2.50 bits per heavy atom. The number of methoxy groups -OCH3 is 1. The lowest BCUT2D eigenvalue weighted by atomic mass is 9.95. The van der Waals surface area contributed by atoms with Gasteiger partial charge in [-0.25, -0.2) is 15.0 Å². The second-order valence-electron chi connectivity index (χ2n) is 10.1. The minimum absolute atomic E-state index is 0.174. The van der Waals surface area contributed by atoms with E-state index in [0.717, 1.165) is 5.56 Å². The first kappa shape index (κ1) is 36.4. The van der Waals surface area contributed by atoms with Crippen LogP contribution < -0.4 is 35.0 Å². The minimum atomic E-state index is -0.788. The highest BCUT2D eigenvalue weighted by molar-refractivity contribution is 9.10. The molecule has 48 heavy (non-hydrogen) atoms. The largest absolute Gasteiger partial charge is 0.493 e. The van der Waals surface area contributed by atoms with E-state index >= 15 is 0 Å². The van der Waals surface area contributed by atoms with Crippen LogP contribution in [0.25, 0.3) is 0 Å². The zero-order valence-corrected chi connectivity index (χ0v) is 29.5. The highest BCUT2D eigenvalue weighted by Gasteiger charge is 2.32. The summed E-state index contributed by atoms with van der Waals surface area (Å²) in [5.74, 6) is 0.395. The van der Waals surface area contributed by atoms with E-state index in [9.17, 15) is 14.4 Å². The Kier molecular flexibility index (Phi) is 13.0. The molecule has 0 unspecified atom stereocenters. The molecule has 1 aliphatic rings. The van der Waals surface area contributed by atoms with Gasteiger partial charge in [0, 0.05) is 21.3 Å². The van der Waals surface area contributed by atoms with Gasteiger partial charge in [0.1, 0.15) is 6.61 Å². The second kappa shape index (κ2) is 17.1. The number of urea groups is 1. The molecule has 3 amide bonds. The quantitative estimate of drug-likeness (QED) is 0.0964. The van der Waals surface area contributed by atoms with Gasteiger partial charge in [-0.15, -0.1) is 0 Å². The summed E-state index contributed by atoms with van der Waals surface area (Å²) in [4.78, 5) is 37.4. The van der Waals surface area contributed by atoms with Crippen molar-refractivity contribution in [2.45, 2.75) is 33.4 Å². The molecule has 0 radical (unpaired) electrons. The molecule has 0 saturated heterocycles. The van der Waals surface area contributed by atoms with E-state index in [2.05, 4.69) is 37.1 Å². The van der Waals surface area contributed by atoms with Crippen LogP contribution in [0.2, 0.25) is 10.0 Å². The zero-order chi connectivity index (χ0) is 34.8. The maximum absolute atomic E-state index is 12.6. The molecule has 0 spiro atoms. The summed E-state index contributed by atoms with van der Waals surface area (Å²) in [6, 6.07) is 12.2. The third-order valence-corrected chi connectivity index (χ3v) is 7.94. The van der Waals surface area contributed by atoms with E-state index in [4.69, 9.17) is 46.9 Å². The van der Waals surface area contributed by atoms with Crippen molar-refractivity contribution in [2.75, 3.05) is 26.9 Å². The number of nitrogens with zero attached hydrogens (tertiary/aromatic N) is 1. The number of halogens is 3. The third-order valence-electron chi connectivity index (χ3n) is 6.77. The van der Waals surface area contributed by atoms with Crippen molar-refractivity contribution >= 4 is 63.3 Å². The topological polar surface area (TPSA) is 146 Å². The number of esters is 1. The van der Waals surface area contributed by atoms with Crippen molar-refractivity contribution < 1.29 is 38.1 Å². The van der Waals surface area contributed by atoms with E-state index in [0.29, 0.717) is 49.4 Å². The molecule has 0 saturated carbocycles. The summed E-state index contributed by atoms with van der Waals surface area (Å²) >= 11 is 15.8. The van der Waals surface area contributed by atoms with Crippen molar-refractivity contribution in [3.63, 3.8) is 0 Å². The predicted molar refractivity (Wildman–Crippen MR) is 184 cm³/mol. The number of allylic oxidation sites excluding steroid dienone is 1. The first-order chi connectivity index (χ1) is 23.0. The SMILES string of the molecule is CCOC(=O)C1=C(C)NC(=O)N[C@H]1c1ccc(OCC(=O)N/N=C\c2cc(Br)c(OCc3ccc(Cl)cc3Cl)c(OCC)c2)c(OC)c1. The molecule has 3 N–H and O–H groups in total. The fraction of sp³-hybridized carbons (Fsp3) is 0.273. The molecule has 0 fully saturated rings. The Bertz CT molecular complexity index is 1750. The van der Waals surface area contributed by atoms with Crippen molar-refractivity contribution in [3.05, 3.63) is 91.0 Å². The van der Waals surface area contributed by atoms with Gasteiger partial charge in [-0.3, -0.25) is 4.79 Å². The second-order valence-corrected chi connectivity index (χ2v) is 11.8. The van der Waals surface area contributed by atoms with E-state index in [1.807, 2.05) is 6.92 Å². The molecular weight excluding hydrogens is 731 g/mol. The summed E-state index contributed by atoms with van der Waals surface area (Å²) in [6.45, 7) is 5.54. The summed E-state index contributed by atoms with van der Waals surface area (Å²) in [6.07, 6.45) is 1.45. The Morgan fingerprint density at radius 1 is 1.00 bits per heavy atom. The molecule has 0 bridgehead atoms. The summed E-state index contributed by atoms with van der Waals surface area (Å²) in [5.41, 5.74) is 4.99. The van der Waals surface area contributed by atoms with E-state index in [1.165, 1.54) is 13.3 Å². The molecular formula is C33H33BrCl2N4O8. The predicted octanol–water partition coefficient (Wildman–Crippen LogP) is 6.46. The lowest BCUT2D eigenvalue weighted by molar-refractivity contribution is -0.139. The Balaban J connectivity index is 1.39. The number of benzene rings is 3. The van der Waals surface area contributed by atoms with Gasteiger partial charge < -0.3 is 34.3 Å². The molecule has 15 heteroatoms.